The van der Waals surface area contributed by atoms with Crippen LogP contribution in [0.15, 0.2) is 42.5 Å². The van der Waals surface area contributed by atoms with Crippen LogP contribution in [0.1, 0.15) is 34.5 Å². The van der Waals surface area contributed by atoms with Crippen molar-refractivity contribution in [3.63, 3.8) is 0 Å². The number of halogens is 1. The Labute approximate surface area is 156 Å². The highest BCUT2D eigenvalue weighted by Crippen LogP contribution is 2.34. The van der Waals surface area contributed by atoms with Crippen molar-refractivity contribution in [2.24, 2.45) is 0 Å². The van der Waals surface area contributed by atoms with Crippen LogP contribution in [0.4, 0.5) is 0 Å². The van der Waals surface area contributed by atoms with E-state index in [4.69, 9.17) is 11.6 Å². The van der Waals surface area contributed by atoms with Crippen LogP contribution >= 0.6 is 11.6 Å². The highest BCUT2D eigenvalue weighted by atomic mass is 35.5. The lowest BCUT2D eigenvalue weighted by Gasteiger charge is -2.12. The average Bonchev–Trinajstić information content (AvgIpc) is 2.91. The van der Waals surface area contributed by atoms with E-state index < -0.39 is 5.92 Å². The van der Waals surface area contributed by atoms with Gasteiger partial charge in [0.25, 0.3) is 5.91 Å². The first-order chi connectivity index (χ1) is 12.3. The van der Waals surface area contributed by atoms with Gasteiger partial charge in [0.15, 0.2) is 0 Å². The molecule has 0 saturated carbocycles. The van der Waals surface area contributed by atoms with Gasteiger partial charge in [-0.25, -0.2) is 0 Å². The fourth-order valence-corrected chi connectivity index (χ4v) is 3.43. The number of benzene rings is 2. The van der Waals surface area contributed by atoms with Gasteiger partial charge < -0.3 is 10.4 Å². The minimum absolute atomic E-state index is 0.0824. The molecule has 1 aromatic heterocycles. The number of carbonyl (C=O) groups excluding carboxylic acids is 2. The average molecular weight is 371 g/mol. The highest BCUT2D eigenvalue weighted by Gasteiger charge is 2.26. The van der Waals surface area contributed by atoms with E-state index in [1.807, 2.05) is 0 Å². The number of rotatable bonds is 3. The predicted octanol–water partition coefficient (Wildman–Crippen LogP) is 3.85. The molecule has 0 aliphatic heterocycles. The minimum atomic E-state index is -0.469. The predicted molar refractivity (Wildman–Crippen MR) is 102 cm³/mol. The second kappa shape index (κ2) is 6.84. The Bertz CT molecular complexity index is 1010. The van der Waals surface area contributed by atoms with Crippen molar-refractivity contribution in [1.82, 2.24) is 9.88 Å². The maximum atomic E-state index is 13.1. The van der Waals surface area contributed by atoms with E-state index in [1.165, 1.54) is 6.07 Å². The summed E-state index contributed by atoms with van der Waals surface area (Å²) in [5.74, 6) is -0.762. The molecule has 0 spiro atoms. The van der Waals surface area contributed by atoms with Crippen molar-refractivity contribution >= 4 is 34.3 Å². The quantitative estimate of drug-likeness (QED) is 0.735. The number of aromatic nitrogens is 1. The Balaban J connectivity index is 2.26. The first kappa shape index (κ1) is 18.0. The molecule has 6 heteroatoms. The maximum Gasteiger partial charge on any atom is 0.262 e. The van der Waals surface area contributed by atoms with Crippen LogP contribution in [-0.4, -0.2) is 28.5 Å². The van der Waals surface area contributed by atoms with Crippen LogP contribution in [0, 0.1) is 6.92 Å². The number of carbonyl (C=O) groups is 2. The second-order valence-electron chi connectivity index (χ2n) is 6.18. The molecular formula is C20H19ClN2O3. The number of likely N-dealkylation sites (N-methyl/N-ethyl adjacent to an activating group) is 1. The van der Waals surface area contributed by atoms with Gasteiger partial charge in [-0.2, -0.15) is 0 Å². The smallest absolute Gasteiger partial charge is 0.262 e. The summed E-state index contributed by atoms with van der Waals surface area (Å²) in [7, 11) is 1.57. The summed E-state index contributed by atoms with van der Waals surface area (Å²) in [6.45, 7) is 3.58. The van der Waals surface area contributed by atoms with E-state index in [1.54, 1.807) is 61.9 Å². The number of nitrogens with one attached hydrogen (secondary N) is 1. The van der Waals surface area contributed by atoms with Gasteiger partial charge in [-0.15, -0.1) is 0 Å². The highest BCUT2D eigenvalue weighted by molar-refractivity contribution is 6.30. The van der Waals surface area contributed by atoms with Crippen molar-refractivity contribution in [1.29, 1.82) is 0 Å². The molecule has 0 saturated heterocycles. The molecule has 3 rings (SSSR count). The molecule has 0 bridgehead atoms. The number of aromatic hydroxyl groups is 1. The zero-order chi connectivity index (χ0) is 19.0. The van der Waals surface area contributed by atoms with Gasteiger partial charge in [0.2, 0.25) is 5.91 Å². The molecule has 2 aromatic carbocycles. The molecule has 1 heterocycles. The number of fused-ring (bicyclic) bond motifs is 1. The van der Waals surface area contributed by atoms with Crippen LogP contribution in [0.5, 0.6) is 5.75 Å². The summed E-state index contributed by atoms with van der Waals surface area (Å²) in [4.78, 5) is 25.3. The maximum absolute atomic E-state index is 13.1. The van der Waals surface area contributed by atoms with Gasteiger partial charge in [0.05, 0.1) is 11.4 Å². The Morgan fingerprint density at radius 2 is 1.81 bits per heavy atom. The van der Waals surface area contributed by atoms with E-state index in [-0.39, 0.29) is 17.6 Å². The summed E-state index contributed by atoms with van der Waals surface area (Å²) in [6.07, 6.45) is 0. The van der Waals surface area contributed by atoms with Crippen LogP contribution in [0.3, 0.4) is 0 Å². The third kappa shape index (κ3) is 2.95. The Hall–Kier alpha value is -2.79. The van der Waals surface area contributed by atoms with E-state index in [0.29, 0.717) is 27.2 Å². The van der Waals surface area contributed by atoms with Gasteiger partial charge >= 0.3 is 0 Å². The Kier molecular flexibility index (Phi) is 4.74. The molecule has 1 amide bonds. The van der Waals surface area contributed by atoms with Crippen molar-refractivity contribution in [3.05, 3.63) is 64.3 Å². The van der Waals surface area contributed by atoms with Crippen LogP contribution in [-0.2, 0) is 4.79 Å². The van der Waals surface area contributed by atoms with Crippen molar-refractivity contribution < 1.29 is 14.7 Å². The standard InChI is InChI=1S/C20H19ClN2O3/c1-11(19(25)22-3)18-12(2)23(17-9-8-15(24)10-16(17)18)20(26)13-4-6-14(21)7-5-13/h4-11,24H,1-3H3,(H,22,25). The van der Waals surface area contributed by atoms with Crippen LogP contribution in [0.25, 0.3) is 10.9 Å². The number of amides is 1. The van der Waals surface area contributed by atoms with Crippen molar-refractivity contribution in [2.75, 3.05) is 7.05 Å². The summed E-state index contributed by atoms with van der Waals surface area (Å²) in [5, 5.41) is 13.8. The monoisotopic (exact) mass is 370 g/mol. The molecule has 0 fully saturated rings. The lowest BCUT2D eigenvalue weighted by molar-refractivity contribution is -0.121. The van der Waals surface area contributed by atoms with Gasteiger partial charge in [0.1, 0.15) is 5.75 Å². The topological polar surface area (TPSA) is 71.3 Å². The first-order valence-corrected chi connectivity index (χ1v) is 8.58. The number of hydrogen-bond acceptors (Lipinski definition) is 3. The number of hydrogen-bond donors (Lipinski definition) is 2. The molecular weight excluding hydrogens is 352 g/mol. The molecule has 1 unspecified atom stereocenters. The molecule has 134 valence electrons. The summed E-state index contributed by atoms with van der Waals surface area (Å²) >= 11 is 5.91. The Morgan fingerprint density at radius 3 is 2.42 bits per heavy atom. The largest absolute Gasteiger partial charge is 0.508 e. The van der Waals surface area contributed by atoms with Crippen molar-refractivity contribution in [2.45, 2.75) is 19.8 Å². The number of phenolic OH excluding ortho intramolecular Hbond substituents is 1. The van der Waals surface area contributed by atoms with E-state index in [0.717, 1.165) is 5.56 Å². The second-order valence-corrected chi connectivity index (χ2v) is 6.62. The lowest BCUT2D eigenvalue weighted by Crippen LogP contribution is -2.24. The zero-order valence-electron chi connectivity index (χ0n) is 14.7. The fraction of sp³-hybridized carbons (Fsp3) is 0.200. The van der Waals surface area contributed by atoms with Gasteiger partial charge in [0, 0.05) is 28.7 Å². The lowest BCUT2D eigenvalue weighted by atomic mass is 9.97. The molecule has 0 aliphatic carbocycles. The molecule has 2 N–H and O–H groups in total. The van der Waals surface area contributed by atoms with E-state index >= 15 is 0 Å². The number of phenols is 1. The van der Waals surface area contributed by atoms with E-state index in [2.05, 4.69) is 5.32 Å². The first-order valence-electron chi connectivity index (χ1n) is 8.21. The third-order valence-electron chi connectivity index (χ3n) is 4.60. The molecule has 0 aliphatic rings. The van der Waals surface area contributed by atoms with Gasteiger partial charge in [-0.3, -0.25) is 14.2 Å². The SMILES string of the molecule is CNC(=O)C(C)c1c(C)n(C(=O)c2ccc(Cl)cc2)c2ccc(O)cc12. The van der Waals surface area contributed by atoms with Gasteiger partial charge in [-0.1, -0.05) is 11.6 Å². The van der Waals surface area contributed by atoms with Crippen LogP contribution in [0.2, 0.25) is 5.02 Å². The van der Waals surface area contributed by atoms with E-state index in [9.17, 15) is 14.7 Å². The zero-order valence-corrected chi connectivity index (χ0v) is 15.5. The molecule has 5 nitrogen and oxygen atoms in total. The van der Waals surface area contributed by atoms with Crippen molar-refractivity contribution in [3.8, 4) is 5.75 Å². The molecule has 26 heavy (non-hydrogen) atoms. The van der Waals surface area contributed by atoms with Gasteiger partial charge in [-0.05, 0) is 61.9 Å². The third-order valence-corrected chi connectivity index (χ3v) is 4.86. The molecule has 0 radical (unpaired) electrons. The Morgan fingerprint density at radius 1 is 1.15 bits per heavy atom. The number of nitrogens with zero attached hydrogens (tertiary/aromatic N) is 1. The fourth-order valence-electron chi connectivity index (χ4n) is 3.31. The minimum Gasteiger partial charge on any atom is -0.508 e. The summed E-state index contributed by atoms with van der Waals surface area (Å²) in [6, 6.07) is 11.5. The molecule has 3 aromatic rings. The normalized spacial score (nSPS) is 12.2. The summed E-state index contributed by atoms with van der Waals surface area (Å²) < 4.78 is 1.58. The summed E-state index contributed by atoms with van der Waals surface area (Å²) in [5.41, 5.74) is 2.52. The molecule has 1 atom stereocenters. The van der Waals surface area contributed by atoms with Crippen LogP contribution < -0.4 is 5.32 Å².